The number of nitro benzene ring substituents is 1. The van der Waals surface area contributed by atoms with E-state index in [0.717, 1.165) is 0 Å². The van der Waals surface area contributed by atoms with Gasteiger partial charge >= 0.3 is 0 Å². The Morgan fingerprint density at radius 3 is 2.67 bits per heavy atom. The fraction of sp³-hybridized carbons (Fsp3) is 0.154. The second-order valence-electron chi connectivity index (χ2n) is 3.88. The van der Waals surface area contributed by atoms with Crippen LogP contribution in [0.5, 0.6) is 0 Å². The minimum Gasteiger partial charge on any atom is -0.469 e. The minimum absolute atomic E-state index is 0.00245. The van der Waals surface area contributed by atoms with Crippen LogP contribution >= 0.6 is 0 Å². The van der Waals surface area contributed by atoms with Gasteiger partial charge in [-0.3, -0.25) is 14.9 Å². The summed E-state index contributed by atoms with van der Waals surface area (Å²) in [5, 5.41) is 10.8. The van der Waals surface area contributed by atoms with Gasteiger partial charge < -0.3 is 4.42 Å². The molecule has 0 N–H and O–H groups in total. The zero-order valence-electron chi connectivity index (χ0n) is 9.75. The first-order valence-corrected chi connectivity index (χ1v) is 5.39. The molecular weight excluding hydrogens is 234 g/mol. The van der Waals surface area contributed by atoms with Crippen molar-refractivity contribution in [3.8, 4) is 0 Å². The van der Waals surface area contributed by atoms with Gasteiger partial charge in [-0.25, -0.2) is 0 Å². The zero-order chi connectivity index (χ0) is 13.1. The Hall–Kier alpha value is -2.43. The Morgan fingerprint density at radius 2 is 2.06 bits per heavy atom. The van der Waals surface area contributed by atoms with Gasteiger partial charge in [0, 0.05) is 18.1 Å². The number of carbonyl (C=O) groups is 1. The third-order valence-electron chi connectivity index (χ3n) is 2.70. The van der Waals surface area contributed by atoms with Gasteiger partial charge in [-0.15, -0.1) is 0 Å². The molecule has 1 heterocycles. The highest BCUT2D eigenvalue weighted by Crippen LogP contribution is 2.20. The average Bonchev–Trinajstić information content (AvgIpc) is 2.76. The molecule has 0 bridgehead atoms. The number of aryl methyl sites for hydroxylation is 1. The van der Waals surface area contributed by atoms with Crippen LogP contribution in [0, 0.1) is 17.0 Å². The van der Waals surface area contributed by atoms with Crippen LogP contribution in [0.1, 0.15) is 21.7 Å². The summed E-state index contributed by atoms with van der Waals surface area (Å²) in [4.78, 5) is 22.3. The van der Waals surface area contributed by atoms with Crippen LogP contribution in [0.25, 0.3) is 0 Å². The fourth-order valence-corrected chi connectivity index (χ4v) is 1.78. The number of nitrogens with zero attached hydrogens (tertiary/aromatic N) is 1. The van der Waals surface area contributed by atoms with Crippen molar-refractivity contribution < 1.29 is 14.1 Å². The van der Waals surface area contributed by atoms with Crippen LogP contribution in [-0.2, 0) is 6.42 Å². The Bertz CT molecular complexity index is 601. The van der Waals surface area contributed by atoms with Crippen LogP contribution < -0.4 is 0 Å². The lowest BCUT2D eigenvalue weighted by Crippen LogP contribution is -2.06. The number of hydrogen-bond donors (Lipinski definition) is 0. The summed E-state index contributed by atoms with van der Waals surface area (Å²) in [6.07, 6.45) is 1.43. The topological polar surface area (TPSA) is 73.3 Å². The Morgan fingerprint density at radius 1 is 1.33 bits per heavy atom. The molecule has 0 aliphatic carbocycles. The summed E-state index contributed by atoms with van der Waals surface area (Å²) in [6.45, 7) is 1.69. The lowest BCUT2D eigenvalue weighted by molar-refractivity contribution is -0.385. The van der Waals surface area contributed by atoms with Crippen LogP contribution in [0.2, 0.25) is 0 Å². The van der Waals surface area contributed by atoms with Gasteiger partial charge in [0.1, 0.15) is 5.76 Å². The molecular formula is C13H11NO4. The first kappa shape index (κ1) is 12.0. The van der Waals surface area contributed by atoms with E-state index in [0.29, 0.717) is 16.9 Å². The van der Waals surface area contributed by atoms with Crippen molar-refractivity contribution in [1.82, 2.24) is 0 Å². The van der Waals surface area contributed by atoms with E-state index in [4.69, 9.17) is 4.42 Å². The van der Waals surface area contributed by atoms with E-state index in [-0.39, 0.29) is 17.9 Å². The number of Topliss-reactive ketones (excluding diaryl/α,β-unsaturated/α-hetero) is 1. The van der Waals surface area contributed by atoms with E-state index in [9.17, 15) is 14.9 Å². The van der Waals surface area contributed by atoms with Gasteiger partial charge in [-0.2, -0.15) is 0 Å². The molecule has 0 saturated heterocycles. The SMILES string of the molecule is Cc1occc1C(=O)Cc1ccccc1[N+](=O)[O-]. The molecule has 2 aromatic rings. The van der Waals surface area contributed by atoms with Gasteiger partial charge in [0.15, 0.2) is 5.78 Å². The Labute approximate surface area is 103 Å². The Kier molecular flexibility index (Phi) is 3.23. The molecule has 1 aromatic heterocycles. The van der Waals surface area contributed by atoms with Crippen LogP contribution in [-0.4, -0.2) is 10.7 Å². The normalized spacial score (nSPS) is 10.3. The van der Waals surface area contributed by atoms with Crippen molar-refractivity contribution in [2.75, 3.05) is 0 Å². The maximum Gasteiger partial charge on any atom is 0.273 e. The van der Waals surface area contributed by atoms with E-state index >= 15 is 0 Å². The molecule has 2 rings (SSSR count). The second-order valence-corrected chi connectivity index (χ2v) is 3.88. The van der Waals surface area contributed by atoms with Gasteiger partial charge in [0.25, 0.3) is 5.69 Å². The fourth-order valence-electron chi connectivity index (χ4n) is 1.78. The first-order chi connectivity index (χ1) is 8.59. The summed E-state index contributed by atoms with van der Waals surface area (Å²) < 4.78 is 5.05. The molecule has 0 aliphatic heterocycles. The molecule has 0 radical (unpaired) electrons. The van der Waals surface area contributed by atoms with Crippen LogP contribution in [0.15, 0.2) is 41.0 Å². The lowest BCUT2D eigenvalue weighted by Gasteiger charge is -2.01. The third-order valence-corrected chi connectivity index (χ3v) is 2.70. The number of benzene rings is 1. The number of carbonyl (C=O) groups excluding carboxylic acids is 1. The number of furan rings is 1. The highest BCUT2D eigenvalue weighted by molar-refractivity contribution is 5.98. The molecule has 0 unspecified atom stereocenters. The summed E-state index contributed by atoms with van der Waals surface area (Å²) >= 11 is 0. The predicted molar refractivity (Wildman–Crippen MR) is 64.6 cm³/mol. The Balaban J connectivity index is 2.28. The number of rotatable bonds is 4. The number of nitro groups is 1. The molecule has 0 amide bonds. The molecule has 5 heteroatoms. The van der Waals surface area contributed by atoms with Gasteiger partial charge in [0.2, 0.25) is 0 Å². The number of ketones is 1. The molecule has 0 fully saturated rings. The second kappa shape index (κ2) is 4.83. The first-order valence-electron chi connectivity index (χ1n) is 5.39. The molecule has 1 aromatic carbocycles. The van der Waals surface area contributed by atoms with Crippen molar-refractivity contribution in [3.63, 3.8) is 0 Å². The molecule has 0 spiro atoms. The summed E-state index contributed by atoms with van der Waals surface area (Å²) in [5.41, 5.74) is 0.841. The lowest BCUT2D eigenvalue weighted by atomic mass is 10.0. The van der Waals surface area contributed by atoms with Crippen LogP contribution in [0.3, 0.4) is 0 Å². The standard InChI is InChI=1S/C13H11NO4/c1-9-11(6-7-18-9)13(15)8-10-4-2-3-5-12(10)14(16)17/h2-7H,8H2,1H3. The van der Waals surface area contributed by atoms with Crippen LogP contribution in [0.4, 0.5) is 5.69 Å². The number of para-hydroxylation sites is 1. The molecule has 0 atom stereocenters. The minimum atomic E-state index is -0.481. The molecule has 0 aliphatic rings. The summed E-state index contributed by atoms with van der Waals surface area (Å²) in [5.74, 6) is 0.342. The third kappa shape index (κ3) is 2.29. The van der Waals surface area contributed by atoms with Crippen molar-refractivity contribution >= 4 is 11.5 Å². The van der Waals surface area contributed by atoms with Gasteiger partial charge in [-0.05, 0) is 13.0 Å². The van der Waals surface area contributed by atoms with Gasteiger partial charge in [0.05, 0.1) is 16.7 Å². The van der Waals surface area contributed by atoms with E-state index in [1.165, 1.54) is 12.3 Å². The largest absolute Gasteiger partial charge is 0.469 e. The van der Waals surface area contributed by atoms with Crippen molar-refractivity contribution in [1.29, 1.82) is 0 Å². The van der Waals surface area contributed by atoms with E-state index in [1.807, 2.05) is 0 Å². The predicted octanol–water partition coefficient (Wildman–Crippen LogP) is 2.92. The van der Waals surface area contributed by atoms with E-state index in [2.05, 4.69) is 0 Å². The zero-order valence-corrected chi connectivity index (χ0v) is 9.75. The monoisotopic (exact) mass is 245 g/mol. The van der Waals surface area contributed by atoms with E-state index in [1.54, 1.807) is 31.2 Å². The molecule has 18 heavy (non-hydrogen) atoms. The summed E-state index contributed by atoms with van der Waals surface area (Å²) in [7, 11) is 0. The van der Waals surface area contributed by atoms with Crippen molar-refractivity contribution in [2.24, 2.45) is 0 Å². The summed E-state index contributed by atoms with van der Waals surface area (Å²) in [6, 6.07) is 7.82. The average molecular weight is 245 g/mol. The molecule has 5 nitrogen and oxygen atoms in total. The quantitative estimate of drug-likeness (QED) is 0.471. The molecule has 92 valence electrons. The van der Waals surface area contributed by atoms with Crippen molar-refractivity contribution in [3.05, 3.63) is 63.6 Å². The molecule has 0 saturated carbocycles. The van der Waals surface area contributed by atoms with Gasteiger partial charge in [-0.1, -0.05) is 18.2 Å². The highest BCUT2D eigenvalue weighted by Gasteiger charge is 2.18. The van der Waals surface area contributed by atoms with Crippen molar-refractivity contribution in [2.45, 2.75) is 13.3 Å². The highest BCUT2D eigenvalue weighted by atomic mass is 16.6. The maximum atomic E-state index is 12.0. The maximum absolute atomic E-state index is 12.0. The van der Waals surface area contributed by atoms with E-state index < -0.39 is 4.92 Å². The number of hydrogen-bond acceptors (Lipinski definition) is 4. The smallest absolute Gasteiger partial charge is 0.273 e.